The summed E-state index contributed by atoms with van der Waals surface area (Å²) < 4.78 is 33.1. The van der Waals surface area contributed by atoms with Crippen molar-refractivity contribution < 1.29 is 18.3 Å². The van der Waals surface area contributed by atoms with Gasteiger partial charge in [-0.3, -0.25) is 9.69 Å². The van der Waals surface area contributed by atoms with Crippen molar-refractivity contribution in [3.05, 3.63) is 107 Å². The van der Waals surface area contributed by atoms with Gasteiger partial charge in [-0.1, -0.05) is 54.6 Å². The predicted molar refractivity (Wildman–Crippen MR) is 128 cm³/mol. The fraction of sp³-hybridized carbons (Fsp3) is 0.321. The van der Waals surface area contributed by atoms with E-state index in [4.69, 9.17) is 4.74 Å². The molecule has 1 saturated heterocycles. The molecule has 1 fully saturated rings. The second-order valence-corrected chi connectivity index (χ2v) is 8.65. The zero-order valence-corrected chi connectivity index (χ0v) is 19.1. The second kappa shape index (κ2) is 11.9. The van der Waals surface area contributed by atoms with Gasteiger partial charge in [0.15, 0.2) is 0 Å². The first kappa shape index (κ1) is 24.0. The molecule has 0 aliphatic carbocycles. The van der Waals surface area contributed by atoms with Crippen molar-refractivity contribution >= 4 is 5.91 Å². The summed E-state index contributed by atoms with van der Waals surface area (Å²) in [6, 6.07) is 22.4. The highest BCUT2D eigenvalue weighted by molar-refractivity contribution is 5.78. The van der Waals surface area contributed by atoms with Crippen LogP contribution in [0.4, 0.5) is 8.78 Å². The van der Waals surface area contributed by atoms with Gasteiger partial charge in [-0.25, -0.2) is 8.78 Å². The van der Waals surface area contributed by atoms with Crippen molar-refractivity contribution in [2.45, 2.75) is 31.4 Å². The molecule has 34 heavy (non-hydrogen) atoms. The molecule has 1 aliphatic heterocycles. The van der Waals surface area contributed by atoms with Crippen LogP contribution in [0, 0.1) is 11.6 Å². The van der Waals surface area contributed by atoms with Crippen LogP contribution in [0.5, 0.6) is 0 Å². The van der Waals surface area contributed by atoms with Gasteiger partial charge in [0.2, 0.25) is 5.91 Å². The van der Waals surface area contributed by atoms with Crippen LogP contribution in [0.1, 0.15) is 35.6 Å². The largest absolute Gasteiger partial charge is 0.367 e. The number of rotatable bonds is 10. The van der Waals surface area contributed by atoms with E-state index in [-0.39, 0.29) is 23.6 Å². The van der Waals surface area contributed by atoms with Gasteiger partial charge in [0.25, 0.3) is 0 Å². The van der Waals surface area contributed by atoms with E-state index >= 15 is 0 Å². The number of benzene rings is 3. The van der Waals surface area contributed by atoms with E-state index in [1.165, 1.54) is 24.3 Å². The van der Waals surface area contributed by atoms with Crippen LogP contribution in [0.3, 0.4) is 0 Å². The number of amides is 1. The van der Waals surface area contributed by atoms with Gasteiger partial charge in [0, 0.05) is 19.1 Å². The Bertz CT molecular complexity index is 997. The van der Waals surface area contributed by atoms with Crippen molar-refractivity contribution in [3.8, 4) is 0 Å². The quantitative estimate of drug-likeness (QED) is 0.464. The normalized spacial score (nSPS) is 16.1. The lowest BCUT2D eigenvalue weighted by atomic mass is 10.0. The highest BCUT2D eigenvalue weighted by Gasteiger charge is 2.25. The Morgan fingerprint density at radius 2 is 1.56 bits per heavy atom. The van der Waals surface area contributed by atoms with Crippen LogP contribution in [0.15, 0.2) is 78.9 Å². The number of nitrogens with zero attached hydrogens (tertiary/aromatic N) is 1. The minimum Gasteiger partial charge on any atom is -0.367 e. The van der Waals surface area contributed by atoms with Crippen molar-refractivity contribution in [1.82, 2.24) is 10.2 Å². The summed E-state index contributed by atoms with van der Waals surface area (Å²) >= 11 is 0. The fourth-order valence-electron chi connectivity index (χ4n) is 4.44. The average Bonchev–Trinajstić information content (AvgIpc) is 3.30. The van der Waals surface area contributed by atoms with E-state index in [9.17, 15) is 13.6 Å². The number of carbonyl (C=O) groups excluding carboxylic acids is 1. The third-order valence-electron chi connectivity index (χ3n) is 6.25. The molecule has 0 radical (unpaired) electrons. The Labute approximate surface area is 199 Å². The Morgan fingerprint density at radius 1 is 0.941 bits per heavy atom. The van der Waals surface area contributed by atoms with Gasteiger partial charge in [-0.2, -0.15) is 0 Å². The van der Waals surface area contributed by atoms with E-state index < -0.39 is 6.10 Å². The van der Waals surface area contributed by atoms with E-state index in [2.05, 4.69) is 10.2 Å². The van der Waals surface area contributed by atoms with Gasteiger partial charge in [-0.15, -0.1) is 0 Å². The number of hydrogen-bond donors (Lipinski definition) is 1. The molecule has 1 aliphatic rings. The summed E-state index contributed by atoms with van der Waals surface area (Å²) in [5.74, 6) is -0.589. The molecule has 1 atom stereocenters. The predicted octanol–water partition coefficient (Wildman–Crippen LogP) is 4.89. The van der Waals surface area contributed by atoms with Crippen LogP contribution in [0.2, 0.25) is 0 Å². The lowest BCUT2D eigenvalue weighted by molar-refractivity contribution is -0.120. The minimum absolute atomic E-state index is 0.0296. The smallest absolute Gasteiger partial charge is 0.224 e. The Hall–Kier alpha value is -3.09. The topological polar surface area (TPSA) is 41.6 Å². The molecule has 4 rings (SSSR count). The van der Waals surface area contributed by atoms with Crippen molar-refractivity contribution in [1.29, 1.82) is 0 Å². The zero-order chi connectivity index (χ0) is 23.8. The molecule has 1 N–H and O–H groups in total. The second-order valence-electron chi connectivity index (χ2n) is 8.65. The zero-order valence-electron chi connectivity index (χ0n) is 19.1. The third-order valence-corrected chi connectivity index (χ3v) is 6.25. The number of likely N-dealkylation sites (tertiary alicyclic amines) is 1. The fourth-order valence-corrected chi connectivity index (χ4v) is 4.44. The van der Waals surface area contributed by atoms with Crippen LogP contribution in [0.25, 0.3) is 0 Å². The molecule has 0 saturated carbocycles. The van der Waals surface area contributed by atoms with E-state index in [1.807, 2.05) is 30.3 Å². The van der Waals surface area contributed by atoms with Crippen molar-refractivity contribution in [2.75, 3.05) is 26.2 Å². The molecule has 0 aromatic heterocycles. The third kappa shape index (κ3) is 6.72. The molecule has 178 valence electrons. The molecular formula is C28H30F2N2O2. The highest BCUT2D eigenvalue weighted by Crippen LogP contribution is 2.27. The first-order chi connectivity index (χ1) is 16.6. The van der Waals surface area contributed by atoms with E-state index in [1.54, 1.807) is 24.3 Å². The van der Waals surface area contributed by atoms with Crippen LogP contribution < -0.4 is 5.32 Å². The van der Waals surface area contributed by atoms with Crippen LogP contribution in [-0.4, -0.2) is 43.1 Å². The standard InChI is InChI=1S/C28H30F2N2O2/c29-24-12-8-22(9-13-24)28(23-10-14-25(30)15-11-23)34-18-17-32-16-4-7-26(32)20-31-27(33)19-21-5-2-1-3-6-21/h1-3,5-6,8-15,26,28H,4,7,16-20H2,(H,31,33)/t26-/m0/s1. The first-order valence-corrected chi connectivity index (χ1v) is 11.8. The number of nitrogens with one attached hydrogen (secondary N) is 1. The summed E-state index contributed by atoms with van der Waals surface area (Å²) in [5, 5.41) is 3.07. The maximum Gasteiger partial charge on any atom is 0.224 e. The van der Waals surface area contributed by atoms with Crippen LogP contribution >= 0.6 is 0 Å². The lowest BCUT2D eigenvalue weighted by Gasteiger charge is -2.26. The monoisotopic (exact) mass is 464 g/mol. The van der Waals surface area contributed by atoms with E-state index in [0.29, 0.717) is 19.6 Å². The van der Waals surface area contributed by atoms with Crippen molar-refractivity contribution in [2.24, 2.45) is 0 Å². The van der Waals surface area contributed by atoms with Gasteiger partial charge in [-0.05, 0) is 60.3 Å². The van der Waals surface area contributed by atoms with Crippen LogP contribution in [-0.2, 0) is 16.0 Å². The summed E-state index contributed by atoms with van der Waals surface area (Å²) in [5.41, 5.74) is 2.64. The molecule has 0 bridgehead atoms. The number of ether oxygens (including phenoxy) is 1. The summed E-state index contributed by atoms with van der Waals surface area (Å²) in [7, 11) is 0. The minimum atomic E-state index is -0.409. The first-order valence-electron chi connectivity index (χ1n) is 11.8. The number of hydrogen-bond acceptors (Lipinski definition) is 3. The Kier molecular flexibility index (Phi) is 8.39. The van der Waals surface area contributed by atoms with Gasteiger partial charge < -0.3 is 10.1 Å². The highest BCUT2D eigenvalue weighted by atomic mass is 19.1. The SMILES string of the molecule is O=C(Cc1ccccc1)NC[C@@H]1CCCN1CCOC(c1ccc(F)cc1)c1ccc(F)cc1. The van der Waals surface area contributed by atoms with Gasteiger partial charge in [0.1, 0.15) is 17.7 Å². The summed E-state index contributed by atoms with van der Waals surface area (Å²) in [6.45, 7) is 2.76. The molecule has 3 aromatic rings. The molecular weight excluding hydrogens is 434 g/mol. The molecule has 1 heterocycles. The molecule has 1 amide bonds. The Morgan fingerprint density at radius 3 is 2.18 bits per heavy atom. The number of halogens is 2. The molecule has 4 nitrogen and oxygen atoms in total. The molecule has 3 aromatic carbocycles. The lowest BCUT2D eigenvalue weighted by Crippen LogP contribution is -2.42. The van der Waals surface area contributed by atoms with Gasteiger partial charge >= 0.3 is 0 Å². The maximum absolute atomic E-state index is 13.4. The van der Waals surface area contributed by atoms with E-state index in [0.717, 1.165) is 42.6 Å². The molecule has 0 spiro atoms. The van der Waals surface area contributed by atoms with Crippen molar-refractivity contribution in [3.63, 3.8) is 0 Å². The Balaban J connectivity index is 1.31. The maximum atomic E-state index is 13.4. The number of carbonyl (C=O) groups is 1. The summed E-state index contributed by atoms with van der Waals surface area (Å²) in [6.07, 6.45) is 2.09. The molecule has 0 unspecified atom stereocenters. The average molecular weight is 465 g/mol. The molecule has 6 heteroatoms. The summed E-state index contributed by atoms with van der Waals surface area (Å²) in [4.78, 5) is 14.7. The van der Waals surface area contributed by atoms with Gasteiger partial charge in [0.05, 0.1) is 13.0 Å².